The minimum Gasteiger partial charge on any atom is -0.493 e. The van der Waals surface area contributed by atoms with Crippen molar-refractivity contribution < 1.29 is 14.3 Å². The monoisotopic (exact) mass is 395 g/mol. The molecule has 3 N–H and O–H groups in total. The fraction of sp³-hybridized carbons (Fsp3) is 0.391. The van der Waals surface area contributed by atoms with Gasteiger partial charge in [-0.3, -0.25) is 9.59 Å². The fourth-order valence-electron chi connectivity index (χ4n) is 3.54. The molecule has 0 bridgehead atoms. The molecule has 2 aromatic carbocycles. The number of nitrogens with one attached hydrogen (secondary N) is 1. The van der Waals surface area contributed by atoms with Gasteiger partial charge in [-0.15, -0.1) is 0 Å². The van der Waals surface area contributed by atoms with Gasteiger partial charge in [0.15, 0.2) is 0 Å². The Kier molecular flexibility index (Phi) is 6.75. The van der Waals surface area contributed by atoms with Gasteiger partial charge in [0, 0.05) is 30.4 Å². The van der Waals surface area contributed by atoms with Gasteiger partial charge in [0.1, 0.15) is 5.75 Å². The maximum absolute atomic E-state index is 12.2. The van der Waals surface area contributed by atoms with Crippen LogP contribution >= 0.6 is 0 Å². The first kappa shape index (κ1) is 20.7. The van der Waals surface area contributed by atoms with Gasteiger partial charge in [0.25, 0.3) is 0 Å². The molecule has 0 saturated carbocycles. The van der Waals surface area contributed by atoms with Gasteiger partial charge in [-0.2, -0.15) is 0 Å². The summed E-state index contributed by atoms with van der Waals surface area (Å²) in [6.45, 7) is 6.02. The van der Waals surface area contributed by atoms with E-state index in [1.54, 1.807) is 0 Å². The Bertz CT molecular complexity index is 856. The van der Waals surface area contributed by atoms with E-state index >= 15 is 0 Å². The Morgan fingerprint density at radius 2 is 1.79 bits per heavy atom. The number of carbonyl (C=O) groups is 2. The summed E-state index contributed by atoms with van der Waals surface area (Å²) in [5.41, 5.74) is 9.51. The summed E-state index contributed by atoms with van der Waals surface area (Å²) in [5, 5.41) is 2.91. The molecule has 0 radical (unpaired) electrons. The Hall–Kier alpha value is -3.02. The molecule has 0 aliphatic carbocycles. The van der Waals surface area contributed by atoms with E-state index in [2.05, 4.69) is 10.2 Å². The zero-order chi connectivity index (χ0) is 20.8. The van der Waals surface area contributed by atoms with Crippen LogP contribution in [0.2, 0.25) is 0 Å². The van der Waals surface area contributed by atoms with Crippen LogP contribution in [-0.4, -0.2) is 31.5 Å². The van der Waals surface area contributed by atoms with Crippen LogP contribution in [0.5, 0.6) is 5.75 Å². The van der Waals surface area contributed by atoms with E-state index < -0.39 is 0 Å². The summed E-state index contributed by atoms with van der Waals surface area (Å²) in [7, 11) is 0. The van der Waals surface area contributed by atoms with Crippen LogP contribution in [0.3, 0.4) is 0 Å². The van der Waals surface area contributed by atoms with Crippen molar-refractivity contribution in [2.75, 3.05) is 29.9 Å². The molecule has 0 aromatic heterocycles. The molecule has 154 valence electrons. The van der Waals surface area contributed by atoms with Crippen LogP contribution in [0.4, 0.5) is 11.4 Å². The zero-order valence-corrected chi connectivity index (χ0v) is 17.1. The number of hydrogen-bond acceptors (Lipinski definition) is 4. The molecule has 1 aliphatic rings. The Morgan fingerprint density at radius 3 is 2.45 bits per heavy atom. The van der Waals surface area contributed by atoms with Crippen LogP contribution in [0.15, 0.2) is 42.5 Å². The van der Waals surface area contributed by atoms with Crippen molar-refractivity contribution in [1.82, 2.24) is 0 Å². The predicted octanol–water partition coefficient (Wildman–Crippen LogP) is 3.41. The maximum atomic E-state index is 12.2. The molecular formula is C23H29N3O3. The highest BCUT2D eigenvalue weighted by molar-refractivity contribution is 5.91. The van der Waals surface area contributed by atoms with Gasteiger partial charge in [-0.1, -0.05) is 12.1 Å². The van der Waals surface area contributed by atoms with Gasteiger partial charge in [0.2, 0.25) is 11.8 Å². The summed E-state index contributed by atoms with van der Waals surface area (Å²) in [6, 6.07) is 13.7. The molecular weight excluding hydrogens is 366 g/mol. The van der Waals surface area contributed by atoms with Crippen LogP contribution in [-0.2, 0) is 9.59 Å². The standard InChI is InChI=1S/C23H29N3O3/c1-16-4-3-5-21(17(16)2)29-15-12-22(27)25-19-6-8-20(9-7-19)26-13-10-18(11-14-26)23(24)28/h3-9,18H,10-15H2,1-2H3,(H2,24,28)(H,25,27). The SMILES string of the molecule is Cc1cccc(OCCC(=O)Nc2ccc(N3CCC(C(N)=O)CC3)cc2)c1C. The van der Waals surface area contributed by atoms with Crippen molar-refractivity contribution in [3.05, 3.63) is 53.6 Å². The molecule has 2 amide bonds. The summed E-state index contributed by atoms with van der Waals surface area (Å²) in [4.78, 5) is 25.7. The first-order chi connectivity index (χ1) is 13.9. The molecule has 0 atom stereocenters. The molecule has 29 heavy (non-hydrogen) atoms. The van der Waals surface area contributed by atoms with Gasteiger partial charge in [0.05, 0.1) is 13.0 Å². The number of amides is 2. The Labute approximate surface area is 172 Å². The number of anilines is 2. The minimum absolute atomic E-state index is 0.0179. The summed E-state index contributed by atoms with van der Waals surface area (Å²) < 4.78 is 5.75. The smallest absolute Gasteiger partial charge is 0.227 e. The molecule has 1 heterocycles. The topological polar surface area (TPSA) is 84.7 Å². The first-order valence-corrected chi connectivity index (χ1v) is 10.1. The zero-order valence-electron chi connectivity index (χ0n) is 17.1. The molecule has 6 heteroatoms. The van der Waals surface area contributed by atoms with Crippen molar-refractivity contribution in [2.45, 2.75) is 33.1 Å². The van der Waals surface area contributed by atoms with E-state index in [-0.39, 0.29) is 24.2 Å². The van der Waals surface area contributed by atoms with E-state index in [9.17, 15) is 9.59 Å². The molecule has 1 aliphatic heterocycles. The van der Waals surface area contributed by atoms with E-state index in [1.807, 2.05) is 56.3 Å². The van der Waals surface area contributed by atoms with Crippen molar-refractivity contribution in [3.63, 3.8) is 0 Å². The molecule has 1 fully saturated rings. The third-order valence-electron chi connectivity index (χ3n) is 5.56. The van der Waals surface area contributed by atoms with Crippen LogP contribution in [0, 0.1) is 19.8 Å². The lowest BCUT2D eigenvalue weighted by molar-refractivity contribution is -0.122. The lowest BCUT2D eigenvalue weighted by Crippen LogP contribution is -2.38. The number of benzene rings is 2. The van der Waals surface area contributed by atoms with Crippen LogP contribution in [0.25, 0.3) is 0 Å². The van der Waals surface area contributed by atoms with Gasteiger partial charge >= 0.3 is 0 Å². The number of hydrogen-bond donors (Lipinski definition) is 2. The number of piperidine rings is 1. The highest BCUT2D eigenvalue weighted by atomic mass is 16.5. The van der Waals surface area contributed by atoms with Crippen molar-refractivity contribution in [1.29, 1.82) is 0 Å². The fourth-order valence-corrected chi connectivity index (χ4v) is 3.54. The minimum atomic E-state index is -0.204. The van der Waals surface area contributed by atoms with Gasteiger partial charge < -0.3 is 20.7 Å². The number of nitrogens with zero attached hydrogens (tertiary/aromatic N) is 1. The lowest BCUT2D eigenvalue weighted by atomic mass is 9.96. The summed E-state index contributed by atoms with van der Waals surface area (Å²) in [5.74, 6) is 0.521. The first-order valence-electron chi connectivity index (χ1n) is 10.1. The number of ether oxygens (including phenoxy) is 1. The largest absolute Gasteiger partial charge is 0.493 e. The quantitative estimate of drug-likeness (QED) is 0.752. The highest BCUT2D eigenvalue weighted by Crippen LogP contribution is 2.25. The van der Waals surface area contributed by atoms with Crippen molar-refractivity contribution in [2.24, 2.45) is 11.7 Å². The second kappa shape index (κ2) is 9.45. The molecule has 2 aromatic rings. The summed E-state index contributed by atoms with van der Waals surface area (Å²) >= 11 is 0. The Morgan fingerprint density at radius 1 is 1.10 bits per heavy atom. The van der Waals surface area contributed by atoms with Gasteiger partial charge in [-0.05, 0) is 68.1 Å². The Balaban J connectivity index is 1.45. The lowest BCUT2D eigenvalue weighted by Gasteiger charge is -2.32. The van der Waals surface area contributed by atoms with Crippen LogP contribution < -0.4 is 20.7 Å². The van der Waals surface area contributed by atoms with Crippen molar-refractivity contribution >= 4 is 23.2 Å². The molecule has 6 nitrogen and oxygen atoms in total. The normalized spacial score (nSPS) is 14.5. The number of primary amides is 1. The number of aryl methyl sites for hydroxylation is 1. The number of carbonyl (C=O) groups excluding carboxylic acids is 2. The molecule has 1 saturated heterocycles. The molecule has 0 spiro atoms. The summed E-state index contributed by atoms with van der Waals surface area (Å²) in [6.07, 6.45) is 1.86. The predicted molar refractivity (Wildman–Crippen MR) is 115 cm³/mol. The average Bonchev–Trinajstić information content (AvgIpc) is 2.72. The third kappa shape index (κ3) is 5.50. The average molecular weight is 396 g/mol. The molecule has 3 rings (SSSR count). The van der Waals surface area contributed by atoms with E-state index in [0.717, 1.165) is 48.6 Å². The second-order valence-corrected chi connectivity index (χ2v) is 7.56. The molecule has 0 unspecified atom stereocenters. The van der Waals surface area contributed by atoms with Crippen LogP contribution in [0.1, 0.15) is 30.4 Å². The second-order valence-electron chi connectivity index (χ2n) is 7.56. The number of rotatable bonds is 7. The van der Waals surface area contributed by atoms with E-state index in [1.165, 1.54) is 5.56 Å². The highest BCUT2D eigenvalue weighted by Gasteiger charge is 2.23. The maximum Gasteiger partial charge on any atom is 0.227 e. The van der Waals surface area contributed by atoms with E-state index in [4.69, 9.17) is 10.5 Å². The van der Waals surface area contributed by atoms with Gasteiger partial charge in [-0.25, -0.2) is 0 Å². The van der Waals surface area contributed by atoms with E-state index in [0.29, 0.717) is 6.61 Å². The number of nitrogens with two attached hydrogens (primary N) is 1. The van der Waals surface area contributed by atoms with Crippen molar-refractivity contribution in [3.8, 4) is 5.75 Å². The third-order valence-corrected chi connectivity index (χ3v) is 5.56.